The molecule has 1 saturated heterocycles. The lowest BCUT2D eigenvalue weighted by molar-refractivity contribution is 0.168. The van der Waals surface area contributed by atoms with E-state index >= 15 is 0 Å². The van der Waals surface area contributed by atoms with E-state index < -0.39 is 5.56 Å². The van der Waals surface area contributed by atoms with Crippen molar-refractivity contribution in [1.29, 1.82) is 0 Å². The summed E-state index contributed by atoms with van der Waals surface area (Å²) in [5.74, 6) is 0.444. The molecule has 1 fully saturated rings. The molecule has 1 aliphatic heterocycles. The zero-order valence-corrected chi connectivity index (χ0v) is 20.3. The van der Waals surface area contributed by atoms with Crippen molar-refractivity contribution < 1.29 is 4.84 Å². The van der Waals surface area contributed by atoms with Gasteiger partial charge in [0.1, 0.15) is 7.11 Å². The molecule has 0 aliphatic carbocycles. The molecule has 0 saturated carbocycles. The summed E-state index contributed by atoms with van der Waals surface area (Å²) in [6.45, 7) is 2.13. The van der Waals surface area contributed by atoms with E-state index in [1.165, 1.54) is 25.6 Å². The van der Waals surface area contributed by atoms with Crippen molar-refractivity contribution in [2.75, 3.05) is 37.0 Å². The van der Waals surface area contributed by atoms with Crippen molar-refractivity contribution in [3.05, 3.63) is 75.1 Å². The monoisotopic (exact) mass is 495 g/mol. The minimum absolute atomic E-state index is 0.313. The molecule has 34 heavy (non-hydrogen) atoms. The Kier molecular flexibility index (Phi) is 6.06. The van der Waals surface area contributed by atoms with Gasteiger partial charge in [-0.3, -0.25) is 4.79 Å². The number of benzene rings is 2. The van der Waals surface area contributed by atoms with Crippen molar-refractivity contribution in [3.8, 4) is 11.1 Å². The second-order valence-electron chi connectivity index (χ2n) is 8.16. The van der Waals surface area contributed by atoms with Crippen LogP contribution >= 0.6 is 23.2 Å². The Morgan fingerprint density at radius 1 is 1.03 bits per heavy atom. The van der Waals surface area contributed by atoms with Crippen LogP contribution in [0.2, 0.25) is 10.0 Å². The van der Waals surface area contributed by atoms with Gasteiger partial charge in [0.15, 0.2) is 5.65 Å². The normalized spacial score (nSPS) is 13.5. The number of aromatic nitrogens is 3. The molecule has 0 N–H and O–H groups in total. The van der Waals surface area contributed by atoms with Crippen LogP contribution < -0.4 is 20.2 Å². The van der Waals surface area contributed by atoms with Crippen molar-refractivity contribution in [1.82, 2.24) is 14.7 Å². The first-order valence-corrected chi connectivity index (χ1v) is 11.7. The quantitative estimate of drug-likeness (QED) is 0.379. The number of nitrogens with zero attached hydrogens (tertiary/aromatic N) is 5. The number of rotatable bonds is 5. The molecule has 0 radical (unpaired) electrons. The molecule has 1 aliphatic rings. The molecule has 0 spiro atoms. The SMILES string of the molecule is COn1c(=O)c(-c2c(Cl)cccc2Cl)cc2cnc(N(C)c3cccc(N4CCCC4)c3)nc21. The third-order valence-corrected chi connectivity index (χ3v) is 6.72. The largest absolute Gasteiger partial charge is 0.412 e. The lowest BCUT2D eigenvalue weighted by Crippen LogP contribution is -2.28. The molecule has 5 rings (SSSR count). The topological polar surface area (TPSA) is 63.5 Å². The van der Waals surface area contributed by atoms with Crippen molar-refractivity contribution in [2.24, 2.45) is 0 Å². The van der Waals surface area contributed by atoms with Crippen molar-refractivity contribution in [2.45, 2.75) is 12.8 Å². The van der Waals surface area contributed by atoms with Crippen LogP contribution in [0.3, 0.4) is 0 Å². The summed E-state index contributed by atoms with van der Waals surface area (Å²) >= 11 is 12.7. The lowest BCUT2D eigenvalue weighted by atomic mass is 10.1. The van der Waals surface area contributed by atoms with Crippen molar-refractivity contribution >= 4 is 51.6 Å². The highest BCUT2D eigenvalue weighted by molar-refractivity contribution is 6.39. The molecule has 0 unspecified atom stereocenters. The van der Waals surface area contributed by atoms with Gasteiger partial charge in [0, 0.05) is 48.7 Å². The second kappa shape index (κ2) is 9.16. The Morgan fingerprint density at radius 3 is 2.44 bits per heavy atom. The fourth-order valence-corrected chi connectivity index (χ4v) is 4.92. The van der Waals surface area contributed by atoms with Gasteiger partial charge in [0.2, 0.25) is 5.95 Å². The summed E-state index contributed by atoms with van der Waals surface area (Å²) < 4.78 is 1.14. The van der Waals surface area contributed by atoms with Gasteiger partial charge in [-0.05, 0) is 49.2 Å². The van der Waals surface area contributed by atoms with Crippen LogP contribution in [-0.4, -0.2) is 41.9 Å². The van der Waals surface area contributed by atoms with E-state index in [4.69, 9.17) is 28.0 Å². The fourth-order valence-electron chi connectivity index (χ4n) is 4.31. The van der Waals surface area contributed by atoms with E-state index in [1.807, 2.05) is 24.1 Å². The minimum atomic E-state index is -0.409. The Labute approximate surface area is 207 Å². The van der Waals surface area contributed by atoms with Gasteiger partial charge in [-0.25, -0.2) is 4.98 Å². The summed E-state index contributed by atoms with van der Waals surface area (Å²) in [7, 11) is 3.32. The first-order valence-electron chi connectivity index (χ1n) is 11.0. The number of hydrogen-bond acceptors (Lipinski definition) is 6. The van der Waals surface area contributed by atoms with E-state index in [9.17, 15) is 4.79 Å². The number of halogens is 2. The second-order valence-corrected chi connectivity index (χ2v) is 8.97. The van der Waals surface area contributed by atoms with E-state index in [1.54, 1.807) is 30.5 Å². The van der Waals surface area contributed by atoms with E-state index in [2.05, 4.69) is 27.0 Å². The van der Waals surface area contributed by atoms with Gasteiger partial charge in [-0.15, -0.1) is 4.73 Å². The Balaban J connectivity index is 1.59. The molecule has 3 heterocycles. The lowest BCUT2D eigenvalue weighted by Gasteiger charge is -2.22. The minimum Gasteiger partial charge on any atom is -0.412 e. The standard InChI is InChI=1S/C25H23Cl2N5O2/c1-30(17-7-5-8-18(14-17)31-11-3-4-12-31)25-28-15-16-13-19(22-20(26)9-6-10-21(22)27)24(33)32(34-2)23(16)29-25/h5-10,13-15H,3-4,11-12H2,1-2H3. The van der Waals surface area contributed by atoms with Crippen LogP contribution in [0.25, 0.3) is 22.2 Å². The average Bonchev–Trinajstić information content (AvgIpc) is 3.39. The number of fused-ring (bicyclic) bond motifs is 1. The number of pyridine rings is 1. The zero-order chi connectivity index (χ0) is 23.8. The third kappa shape index (κ3) is 3.95. The summed E-state index contributed by atoms with van der Waals surface area (Å²) in [5, 5.41) is 1.37. The highest BCUT2D eigenvalue weighted by atomic mass is 35.5. The molecule has 7 nitrogen and oxygen atoms in total. The zero-order valence-electron chi connectivity index (χ0n) is 18.8. The van der Waals surface area contributed by atoms with Crippen LogP contribution in [0.15, 0.2) is 59.5 Å². The van der Waals surface area contributed by atoms with E-state index in [-0.39, 0.29) is 0 Å². The average molecular weight is 496 g/mol. The van der Waals surface area contributed by atoms with Crippen LogP contribution in [0.5, 0.6) is 0 Å². The molecule has 2 aromatic carbocycles. The van der Waals surface area contributed by atoms with Crippen LogP contribution in [0.4, 0.5) is 17.3 Å². The Hall–Kier alpha value is -3.29. The third-order valence-electron chi connectivity index (χ3n) is 6.09. The van der Waals surface area contributed by atoms with Gasteiger partial charge in [0.25, 0.3) is 5.56 Å². The molecular weight excluding hydrogens is 473 g/mol. The van der Waals surface area contributed by atoms with Gasteiger partial charge in [-0.2, -0.15) is 4.98 Å². The predicted octanol–water partition coefficient (Wildman–Crippen LogP) is 5.19. The summed E-state index contributed by atoms with van der Waals surface area (Å²) in [6, 6.07) is 15.1. The molecule has 4 aromatic rings. The van der Waals surface area contributed by atoms with Crippen LogP contribution in [-0.2, 0) is 0 Å². The summed E-state index contributed by atoms with van der Waals surface area (Å²) in [5.41, 5.74) is 2.84. The first-order chi connectivity index (χ1) is 16.5. The fraction of sp³-hybridized carbons (Fsp3) is 0.240. The maximum atomic E-state index is 13.3. The predicted molar refractivity (Wildman–Crippen MR) is 138 cm³/mol. The molecule has 0 bridgehead atoms. The first kappa shape index (κ1) is 22.5. The van der Waals surface area contributed by atoms with E-state index in [0.717, 1.165) is 23.5 Å². The van der Waals surface area contributed by atoms with Gasteiger partial charge in [0.05, 0.1) is 15.6 Å². The van der Waals surface area contributed by atoms with Crippen molar-refractivity contribution in [3.63, 3.8) is 0 Å². The van der Waals surface area contributed by atoms with Gasteiger partial charge < -0.3 is 14.6 Å². The number of anilines is 3. The molecular formula is C25H23Cl2N5O2. The molecule has 2 aromatic heterocycles. The Morgan fingerprint density at radius 2 is 1.74 bits per heavy atom. The highest BCUT2D eigenvalue weighted by Gasteiger charge is 2.19. The maximum absolute atomic E-state index is 13.3. The molecule has 0 amide bonds. The highest BCUT2D eigenvalue weighted by Crippen LogP contribution is 2.34. The molecule has 174 valence electrons. The van der Waals surface area contributed by atoms with Gasteiger partial charge >= 0.3 is 0 Å². The number of hydrogen-bond donors (Lipinski definition) is 0. The summed E-state index contributed by atoms with van der Waals surface area (Å²) in [6.07, 6.45) is 4.09. The smallest absolute Gasteiger partial charge is 0.293 e. The maximum Gasteiger partial charge on any atom is 0.293 e. The van der Waals surface area contributed by atoms with Crippen LogP contribution in [0.1, 0.15) is 12.8 Å². The van der Waals surface area contributed by atoms with Gasteiger partial charge in [-0.1, -0.05) is 35.3 Å². The summed E-state index contributed by atoms with van der Waals surface area (Å²) in [4.78, 5) is 32.2. The van der Waals surface area contributed by atoms with E-state index in [0.29, 0.717) is 38.2 Å². The van der Waals surface area contributed by atoms with Crippen LogP contribution in [0, 0.1) is 0 Å². The Bertz CT molecular complexity index is 1410. The molecule has 9 heteroatoms. The molecule has 0 atom stereocenters.